The van der Waals surface area contributed by atoms with Crippen molar-refractivity contribution in [1.82, 2.24) is 50.0 Å². The van der Waals surface area contributed by atoms with Gasteiger partial charge in [0.1, 0.15) is 23.3 Å². The molecule has 8 atom stereocenters. The molecule has 0 radical (unpaired) electrons. The second-order valence-electron chi connectivity index (χ2n) is 17.9. The Morgan fingerprint density at radius 2 is 0.929 bits per heavy atom. The number of aromatic nitrogens is 6. The third kappa shape index (κ3) is 8.03. The lowest BCUT2D eigenvalue weighted by Gasteiger charge is -2.41. The number of rotatable bonds is 14. The van der Waals surface area contributed by atoms with E-state index in [0.717, 1.165) is 86.0 Å². The van der Waals surface area contributed by atoms with E-state index in [-0.39, 0.29) is 18.1 Å². The highest BCUT2D eigenvalue weighted by Gasteiger charge is 2.44. The van der Waals surface area contributed by atoms with Crippen LogP contribution in [0.4, 0.5) is 4.79 Å². The Bertz CT molecular complexity index is 1740. The Morgan fingerprint density at radius 3 is 1.27 bits per heavy atom. The van der Waals surface area contributed by atoms with Gasteiger partial charge in [-0.2, -0.15) is 0 Å². The minimum absolute atomic E-state index is 0.0795. The molecule has 2 amide bonds. The Labute approximate surface area is 334 Å². The molecule has 2 N–H and O–H groups in total. The summed E-state index contributed by atoms with van der Waals surface area (Å²) in [6.45, 7) is 15.0. The van der Waals surface area contributed by atoms with Gasteiger partial charge in [0.25, 0.3) is 0 Å². The molecule has 8 rings (SSSR count). The highest BCUT2D eigenvalue weighted by Crippen LogP contribution is 2.44. The van der Waals surface area contributed by atoms with Gasteiger partial charge in [-0.05, 0) is 89.2 Å². The van der Waals surface area contributed by atoms with Crippen LogP contribution >= 0.6 is 0 Å². The van der Waals surface area contributed by atoms with Crippen LogP contribution in [0.25, 0.3) is 0 Å². The van der Waals surface area contributed by atoms with Crippen molar-refractivity contribution in [1.29, 1.82) is 0 Å². The van der Waals surface area contributed by atoms with Gasteiger partial charge in [-0.15, -0.1) is 20.4 Å². The molecule has 4 bridgehead atoms. The quantitative estimate of drug-likeness (QED) is 0.133. The predicted molar refractivity (Wildman–Crippen MR) is 221 cm³/mol. The lowest BCUT2D eigenvalue weighted by atomic mass is 9.95. The number of hydrogen-bond donors (Lipinski definition) is 2. The number of urea groups is 1. The fourth-order valence-corrected chi connectivity index (χ4v) is 11.0. The Morgan fingerprint density at radius 1 is 0.571 bits per heavy atom. The molecular weight excluding hydrogens is 697 g/mol. The van der Waals surface area contributed by atoms with E-state index < -0.39 is 0 Å². The topological polar surface area (TPSA) is 109 Å². The van der Waals surface area contributed by atoms with Crippen LogP contribution in [-0.2, 0) is 0 Å². The molecule has 2 unspecified atom stereocenters. The minimum atomic E-state index is -0.0929. The van der Waals surface area contributed by atoms with E-state index in [4.69, 9.17) is 0 Å². The number of nitrogens with zero attached hydrogens (tertiary/aromatic N) is 8. The zero-order chi connectivity index (χ0) is 38.9. The summed E-state index contributed by atoms with van der Waals surface area (Å²) in [5, 5.41) is 25.0. The molecule has 2 aromatic heterocycles. The second-order valence-corrected chi connectivity index (χ2v) is 17.9. The van der Waals surface area contributed by atoms with E-state index in [1.54, 1.807) is 0 Å². The smallest absolute Gasteiger partial charge is 0.315 e. The molecule has 11 heteroatoms. The molecule has 0 spiro atoms. The van der Waals surface area contributed by atoms with Crippen molar-refractivity contribution in [3.8, 4) is 0 Å². The molecular formula is C45H64N10O. The normalized spacial score (nSPS) is 26.2. The number of aryl methyl sites for hydroxylation is 2. The summed E-state index contributed by atoms with van der Waals surface area (Å²) in [7, 11) is 0. The minimum Gasteiger partial charge on any atom is -0.331 e. The summed E-state index contributed by atoms with van der Waals surface area (Å²) < 4.78 is 4.87. The first-order valence-corrected chi connectivity index (χ1v) is 21.7. The van der Waals surface area contributed by atoms with Gasteiger partial charge >= 0.3 is 6.03 Å². The number of carbonyl (C=O) groups excluding carboxylic acids is 1. The Hall–Kier alpha value is -4.09. The number of piperidine rings is 2. The summed E-state index contributed by atoms with van der Waals surface area (Å²) in [6, 6.07) is 24.0. The molecule has 6 heterocycles. The summed E-state index contributed by atoms with van der Waals surface area (Å²) in [4.78, 5) is 19.6. The van der Waals surface area contributed by atoms with Crippen molar-refractivity contribution in [2.75, 3.05) is 13.1 Å². The van der Waals surface area contributed by atoms with Gasteiger partial charge in [0.15, 0.2) is 0 Å². The summed E-state index contributed by atoms with van der Waals surface area (Å²) in [6.07, 6.45) is 11.2. The van der Waals surface area contributed by atoms with Crippen molar-refractivity contribution in [3.05, 3.63) is 95.1 Å². The fourth-order valence-electron chi connectivity index (χ4n) is 11.0. The monoisotopic (exact) mass is 761 g/mol. The van der Waals surface area contributed by atoms with Crippen molar-refractivity contribution in [2.45, 2.75) is 166 Å². The van der Waals surface area contributed by atoms with Crippen LogP contribution in [0.2, 0.25) is 0 Å². The second kappa shape index (κ2) is 16.8. The van der Waals surface area contributed by atoms with Gasteiger partial charge in [0, 0.05) is 61.2 Å². The van der Waals surface area contributed by atoms with Gasteiger partial charge in [-0.1, -0.05) is 88.4 Å². The van der Waals surface area contributed by atoms with Crippen LogP contribution in [0.3, 0.4) is 0 Å². The lowest BCUT2D eigenvalue weighted by molar-refractivity contribution is 0.0991. The first-order valence-electron chi connectivity index (χ1n) is 21.7. The summed E-state index contributed by atoms with van der Waals surface area (Å²) in [5.41, 5.74) is 2.32. The third-order valence-electron chi connectivity index (χ3n) is 13.6. The number of amides is 2. The van der Waals surface area contributed by atoms with Crippen LogP contribution in [0.15, 0.2) is 60.7 Å². The van der Waals surface area contributed by atoms with Crippen LogP contribution in [0.1, 0.15) is 162 Å². The number of carbonyl (C=O) groups is 1. The first-order chi connectivity index (χ1) is 27.1. The van der Waals surface area contributed by atoms with Crippen molar-refractivity contribution >= 4 is 6.03 Å². The number of hydrogen-bond acceptors (Lipinski definition) is 7. The van der Waals surface area contributed by atoms with E-state index in [1.165, 1.54) is 25.7 Å². The van der Waals surface area contributed by atoms with Gasteiger partial charge in [0.2, 0.25) is 0 Å². The lowest BCUT2D eigenvalue weighted by Crippen LogP contribution is -2.47. The highest BCUT2D eigenvalue weighted by molar-refractivity contribution is 5.75. The largest absolute Gasteiger partial charge is 0.331 e. The van der Waals surface area contributed by atoms with Crippen LogP contribution in [0, 0.1) is 13.8 Å². The van der Waals surface area contributed by atoms with Crippen LogP contribution < -0.4 is 10.6 Å². The van der Waals surface area contributed by atoms with E-state index >= 15 is 0 Å². The number of benzene rings is 2. The van der Waals surface area contributed by atoms with Crippen LogP contribution in [-0.4, -0.2) is 82.6 Å². The maximum absolute atomic E-state index is 14.1. The van der Waals surface area contributed by atoms with Crippen molar-refractivity contribution < 1.29 is 4.79 Å². The van der Waals surface area contributed by atoms with Crippen LogP contribution in [0.5, 0.6) is 0 Å². The number of nitrogens with one attached hydrogen (secondary N) is 2. The fraction of sp³-hybridized carbons (Fsp3) is 0.622. The molecule has 0 aliphatic carbocycles. The molecule has 56 heavy (non-hydrogen) atoms. The van der Waals surface area contributed by atoms with E-state index in [2.05, 4.69) is 152 Å². The Kier molecular flexibility index (Phi) is 11.6. The molecule has 2 aromatic carbocycles. The van der Waals surface area contributed by atoms with Crippen molar-refractivity contribution in [2.24, 2.45) is 0 Å². The maximum atomic E-state index is 14.1. The standard InChI is InChI=1S/C45H64N10O/c1-29(2)43-50-48-31(5)54(43)39-25-35-17-18-36(26-39)52(35)23-21-41(33-13-9-7-10-14-33)46-45(56)47-42(34-15-11-8-12-16-34)22-24-53-37-19-20-38(53)28-40(27-37)55-32(6)49-51-44(55)30(3)4/h7-16,29-30,35-42H,17-28H2,1-6H3,(H2,46,47,56)/t35-,36+,37-,38+,39?,40?,41-,42+. The number of fused-ring (bicyclic) bond motifs is 4. The van der Waals surface area contributed by atoms with E-state index in [1.807, 2.05) is 0 Å². The molecule has 4 aliphatic heterocycles. The van der Waals surface area contributed by atoms with E-state index in [0.29, 0.717) is 48.1 Å². The molecule has 0 saturated carbocycles. The SMILES string of the molecule is Cc1nnc(C(C)C)n1C1C[C@H]2CC[C@@H](C1)N2CC[C@H](NC(=O)N[C@H](CCN1[C@@H]2CC[C@H]1CC(n1c(C)nnc1C(C)C)C2)c1ccccc1)c1ccccc1. The van der Waals surface area contributed by atoms with Gasteiger partial charge in [0.05, 0.1) is 12.1 Å². The Balaban J connectivity index is 0.916. The van der Waals surface area contributed by atoms with Gasteiger partial charge in [-0.3, -0.25) is 9.80 Å². The van der Waals surface area contributed by atoms with Gasteiger partial charge < -0.3 is 19.8 Å². The molecule has 4 saturated heterocycles. The molecule has 4 fully saturated rings. The third-order valence-corrected chi connectivity index (χ3v) is 13.6. The molecule has 4 aromatic rings. The maximum Gasteiger partial charge on any atom is 0.315 e. The average Bonchev–Trinajstić information content (AvgIpc) is 3.91. The first kappa shape index (κ1) is 38.8. The molecule has 11 nitrogen and oxygen atoms in total. The summed E-state index contributed by atoms with van der Waals surface area (Å²) in [5.74, 6) is 5.02. The zero-order valence-corrected chi connectivity index (χ0v) is 34.5. The zero-order valence-electron chi connectivity index (χ0n) is 34.5. The highest BCUT2D eigenvalue weighted by atomic mass is 16.2. The average molecular weight is 761 g/mol. The summed E-state index contributed by atoms with van der Waals surface area (Å²) >= 11 is 0. The van der Waals surface area contributed by atoms with Gasteiger partial charge in [-0.25, -0.2) is 4.79 Å². The predicted octanol–water partition coefficient (Wildman–Crippen LogP) is 8.33. The molecule has 4 aliphatic rings. The molecule has 300 valence electrons. The van der Waals surface area contributed by atoms with E-state index in [9.17, 15) is 4.79 Å². The van der Waals surface area contributed by atoms with Crippen molar-refractivity contribution in [3.63, 3.8) is 0 Å².